The average molecular weight is 332 g/mol. The van der Waals surface area contributed by atoms with E-state index in [1.807, 2.05) is 0 Å². The molecule has 0 bridgehead atoms. The Kier molecular flexibility index (Phi) is 4.33. The van der Waals surface area contributed by atoms with Gasteiger partial charge >= 0.3 is 0 Å². The number of hydrogen-bond donors (Lipinski definition) is 0. The third-order valence-electron chi connectivity index (χ3n) is 5.77. The number of fused-ring (bicyclic) bond motifs is 1. The summed E-state index contributed by atoms with van der Waals surface area (Å²) < 4.78 is 7.95. The maximum Gasteiger partial charge on any atom is 0.226 e. The zero-order chi connectivity index (χ0) is 16.7. The number of carbonyl (C=O) groups is 1. The van der Waals surface area contributed by atoms with Crippen molar-refractivity contribution in [2.45, 2.75) is 65.1 Å². The first-order valence-corrected chi connectivity index (χ1v) is 9.41. The van der Waals surface area contributed by atoms with Crippen LogP contribution < -0.4 is 0 Å². The van der Waals surface area contributed by atoms with Gasteiger partial charge in [0.2, 0.25) is 5.91 Å². The fourth-order valence-electron chi connectivity index (χ4n) is 3.96. The molecule has 1 aromatic heterocycles. The molecule has 2 heterocycles. The first-order chi connectivity index (χ1) is 11.6. The van der Waals surface area contributed by atoms with Crippen LogP contribution in [0.4, 0.5) is 0 Å². The Morgan fingerprint density at radius 2 is 2.00 bits per heavy atom. The number of carbonyl (C=O) groups excluding carboxylic acids is 1. The summed E-state index contributed by atoms with van der Waals surface area (Å²) in [7, 11) is 0. The van der Waals surface area contributed by atoms with E-state index in [0.29, 0.717) is 18.4 Å². The van der Waals surface area contributed by atoms with Gasteiger partial charge in [-0.15, -0.1) is 10.2 Å². The van der Waals surface area contributed by atoms with Crippen LogP contribution in [0.15, 0.2) is 0 Å². The molecule has 1 aliphatic heterocycles. The second-order valence-corrected chi connectivity index (χ2v) is 8.00. The van der Waals surface area contributed by atoms with Crippen LogP contribution in [0.25, 0.3) is 0 Å². The normalized spacial score (nSPS) is 29.8. The number of amides is 1. The summed E-state index contributed by atoms with van der Waals surface area (Å²) in [5, 5.41) is 8.68. The first kappa shape index (κ1) is 16.1. The van der Waals surface area contributed by atoms with E-state index in [4.69, 9.17) is 4.74 Å². The van der Waals surface area contributed by atoms with E-state index in [-0.39, 0.29) is 12.0 Å². The van der Waals surface area contributed by atoms with Crippen molar-refractivity contribution >= 4 is 5.91 Å². The molecule has 0 spiro atoms. The quantitative estimate of drug-likeness (QED) is 0.828. The molecule has 24 heavy (non-hydrogen) atoms. The van der Waals surface area contributed by atoms with E-state index in [9.17, 15) is 4.79 Å². The standard InChI is InChI=1S/C18H28N4O2/c1-12-7-15(8-12)18(23)21-5-6-22-16(9-13(21)2)19-20-17(22)11-24-10-14-3-4-14/h12-15H,3-11H2,1-2H3/t12?,13-,15?/m0/s1. The van der Waals surface area contributed by atoms with Crippen molar-refractivity contribution in [3.05, 3.63) is 11.6 Å². The lowest BCUT2D eigenvalue weighted by Crippen LogP contribution is -2.46. The molecule has 4 rings (SSSR count). The van der Waals surface area contributed by atoms with E-state index >= 15 is 0 Å². The molecule has 0 aromatic carbocycles. The highest BCUT2D eigenvalue weighted by atomic mass is 16.5. The molecule has 1 aromatic rings. The summed E-state index contributed by atoms with van der Waals surface area (Å²) >= 11 is 0. The molecule has 2 fully saturated rings. The fraction of sp³-hybridized carbons (Fsp3) is 0.833. The number of ether oxygens (including phenoxy) is 1. The summed E-state index contributed by atoms with van der Waals surface area (Å²) in [6, 6.07) is 0.194. The largest absolute Gasteiger partial charge is 0.373 e. The van der Waals surface area contributed by atoms with Gasteiger partial charge in [0.05, 0.1) is 0 Å². The third kappa shape index (κ3) is 3.21. The molecule has 0 saturated heterocycles. The molecule has 0 N–H and O–H groups in total. The molecule has 1 atom stereocenters. The van der Waals surface area contributed by atoms with Gasteiger partial charge in [0.1, 0.15) is 12.4 Å². The predicted octanol–water partition coefficient (Wildman–Crippen LogP) is 2.02. The summed E-state index contributed by atoms with van der Waals surface area (Å²) in [5.74, 6) is 3.94. The fourth-order valence-corrected chi connectivity index (χ4v) is 3.96. The Labute approximate surface area is 143 Å². The van der Waals surface area contributed by atoms with Crippen LogP contribution in [0, 0.1) is 17.8 Å². The van der Waals surface area contributed by atoms with Gasteiger partial charge in [0.15, 0.2) is 5.82 Å². The van der Waals surface area contributed by atoms with Crippen molar-refractivity contribution in [2.24, 2.45) is 17.8 Å². The van der Waals surface area contributed by atoms with Crippen molar-refractivity contribution < 1.29 is 9.53 Å². The Morgan fingerprint density at radius 3 is 2.71 bits per heavy atom. The Hall–Kier alpha value is -1.43. The van der Waals surface area contributed by atoms with Crippen LogP contribution in [-0.4, -0.2) is 44.8 Å². The van der Waals surface area contributed by atoms with Gasteiger partial charge in [-0.1, -0.05) is 6.92 Å². The lowest BCUT2D eigenvalue weighted by molar-refractivity contribution is -0.141. The molecule has 132 valence electrons. The van der Waals surface area contributed by atoms with Gasteiger partial charge in [-0.05, 0) is 44.4 Å². The van der Waals surface area contributed by atoms with Crippen molar-refractivity contribution in [2.75, 3.05) is 13.2 Å². The molecule has 6 heteroatoms. The molecule has 2 saturated carbocycles. The second-order valence-electron chi connectivity index (χ2n) is 8.00. The zero-order valence-electron chi connectivity index (χ0n) is 14.8. The summed E-state index contributed by atoms with van der Waals surface area (Å²) in [5.41, 5.74) is 0. The van der Waals surface area contributed by atoms with E-state index in [0.717, 1.165) is 56.5 Å². The van der Waals surface area contributed by atoms with Crippen LogP contribution >= 0.6 is 0 Å². The number of hydrogen-bond acceptors (Lipinski definition) is 4. The number of aromatic nitrogens is 3. The average Bonchev–Trinajstić information content (AvgIpc) is 3.30. The Balaban J connectivity index is 1.39. The molecule has 2 aliphatic carbocycles. The van der Waals surface area contributed by atoms with E-state index in [1.165, 1.54) is 12.8 Å². The van der Waals surface area contributed by atoms with E-state index in [1.54, 1.807) is 0 Å². The molecule has 3 aliphatic rings. The second kappa shape index (κ2) is 6.47. The van der Waals surface area contributed by atoms with E-state index in [2.05, 4.69) is 33.5 Å². The minimum absolute atomic E-state index is 0.194. The zero-order valence-corrected chi connectivity index (χ0v) is 14.8. The van der Waals surface area contributed by atoms with Gasteiger partial charge in [0.25, 0.3) is 0 Å². The lowest BCUT2D eigenvalue weighted by Gasteiger charge is -2.37. The summed E-state index contributed by atoms with van der Waals surface area (Å²) in [6.45, 7) is 7.27. The molecule has 0 unspecified atom stereocenters. The summed E-state index contributed by atoms with van der Waals surface area (Å²) in [4.78, 5) is 14.8. The van der Waals surface area contributed by atoms with Crippen molar-refractivity contribution in [3.63, 3.8) is 0 Å². The van der Waals surface area contributed by atoms with Gasteiger partial charge in [-0.25, -0.2) is 0 Å². The minimum Gasteiger partial charge on any atom is -0.373 e. The topological polar surface area (TPSA) is 60.2 Å². The predicted molar refractivity (Wildman–Crippen MR) is 89.2 cm³/mol. The maximum absolute atomic E-state index is 12.8. The molecule has 0 radical (unpaired) electrons. The van der Waals surface area contributed by atoms with Crippen molar-refractivity contribution in [1.82, 2.24) is 19.7 Å². The van der Waals surface area contributed by atoms with Gasteiger partial charge in [-0.2, -0.15) is 0 Å². The monoisotopic (exact) mass is 332 g/mol. The highest BCUT2D eigenvalue weighted by Crippen LogP contribution is 2.35. The van der Waals surface area contributed by atoms with Gasteiger partial charge < -0.3 is 14.2 Å². The Morgan fingerprint density at radius 1 is 1.21 bits per heavy atom. The highest BCUT2D eigenvalue weighted by Gasteiger charge is 2.37. The third-order valence-corrected chi connectivity index (χ3v) is 5.77. The highest BCUT2D eigenvalue weighted by molar-refractivity contribution is 5.80. The molecular formula is C18H28N4O2. The first-order valence-electron chi connectivity index (χ1n) is 9.41. The summed E-state index contributed by atoms with van der Waals surface area (Å²) in [6.07, 6.45) is 5.48. The van der Waals surface area contributed by atoms with Gasteiger partial charge in [-0.3, -0.25) is 4.79 Å². The van der Waals surface area contributed by atoms with Crippen LogP contribution in [0.5, 0.6) is 0 Å². The van der Waals surface area contributed by atoms with Crippen molar-refractivity contribution in [1.29, 1.82) is 0 Å². The SMILES string of the molecule is CC1CC(C(=O)N2CCn3c(COCC4CC4)nnc3C[C@@H]2C)C1. The molecular weight excluding hydrogens is 304 g/mol. The number of rotatable bonds is 5. The van der Waals surface area contributed by atoms with Crippen LogP contribution in [0.2, 0.25) is 0 Å². The van der Waals surface area contributed by atoms with Gasteiger partial charge in [0, 0.05) is 38.1 Å². The van der Waals surface area contributed by atoms with Crippen LogP contribution in [0.3, 0.4) is 0 Å². The maximum atomic E-state index is 12.8. The Bertz CT molecular complexity index is 604. The smallest absolute Gasteiger partial charge is 0.226 e. The van der Waals surface area contributed by atoms with Crippen molar-refractivity contribution in [3.8, 4) is 0 Å². The molecule has 6 nitrogen and oxygen atoms in total. The van der Waals surface area contributed by atoms with E-state index < -0.39 is 0 Å². The van der Waals surface area contributed by atoms with Crippen LogP contribution in [-0.2, 0) is 29.1 Å². The minimum atomic E-state index is 0.194. The number of nitrogens with zero attached hydrogens (tertiary/aromatic N) is 4. The molecule has 1 amide bonds. The lowest BCUT2D eigenvalue weighted by atomic mass is 9.75. The van der Waals surface area contributed by atoms with Crippen LogP contribution in [0.1, 0.15) is 51.2 Å².